The number of aryl methyl sites for hydroxylation is 1. The molecule has 0 saturated carbocycles. The molecule has 0 saturated heterocycles. The van der Waals surface area contributed by atoms with Crippen molar-refractivity contribution in [3.63, 3.8) is 0 Å². The minimum absolute atomic E-state index is 0.106. The number of alkyl halides is 2. The lowest BCUT2D eigenvalue weighted by atomic mass is 10.1. The maximum Gasteiger partial charge on any atom is 0.333 e. The van der Waals surface area contributed by atoms with Crippen LogP contribution in [0, 0.1) is 19.8 Å². The van der Waals surface area contributed by atoms with Crippen LogP contribution in [-0.2, 0) is 16.0 Å². The third-order valence-corrected chi connectivity index (χ3v) is 3.25. The average molecular weight is 317 g/mol. The summed E-state index contributed by atoms with van der Waals surface area (Å²) in [6.07, 6.45) is -0.135. The molecule has 0 atom stereocenters. The van der Waals surface area contributed by atoms with E-state index < -0.39 is 25.0 Å². The van der Waals surface area contributed by atoms with Gasteiger partial charge in [-0.15, -0.1) is 0 Å². The molecule has 8 heteroatoms. The number of hydrogen-bond donors (Lipinski definition) is 1. The third kappa shape index (κ3) is 4.51. The number of aliphatic carboxylic acids is 1. The second kappa shape index (κ2) is 7.33. The van der Waals surface area contributed by atoms with Crippen LogP contribution in [0.15, 0.2) is 0 Å². The van der Waals surface area contributed by atoms with Crippen LogP contribution in [-0.4, -0.2) is 44.8 Å². The van der Waals surface area contributed by atoms with Gasteiger partial charge in [0.15, 0.2) is 0 Å². The second-order valence-corrected chi connectivity index (χ2v) is 5.61. The standard InChI is InChI=1S/C14H21F2N3O3/c1-8(2)6-18(7-13(21)22)12(20)5-11-9(3)17-19(10(11)4)14(15)16/h8,14H,5-7H2,1-4H3,(H,21,22). The van der Waals surface area contributed by atoms with E-state index >= 15 is 0 Å². The highest BCUT2D eigenvalue weighted by molar-refractivity contribution is 5.83. The van der Waals surface area contributed by atoms with Gasteiger partial charge in [0.25, 0.3) is 0 Å². The molecule has 1 rings (SSSR count). The topological polar surface area (TPSA) is 75.4 Å². The highest BCUT2D eigenvalue weighted by atomic mass is 19.3. The predicted octanol–water partition coefficient (Wildman–Crippen LogP) is 2.01. The van der Waals surface area contributed by atoms with Gasteiger partial charge < -0.3 is 10.0 Å². The zero-order valence-corrected chi connectivity index (χ0v) is 13.1. The van der Waals surface area contributed by atoms with Crippen LogP contribution in [0.4, 0.5) is 8.78 Å². The molecule has 22 heavy (non-hydrogen) atoms. The van der Waals surface area contributed by atoms with Gasteiger partial charge in [0, 0.05) is 17.8 Å². The van der Waals surface area contributed by atoms with Gasteiger partial charge in [-0.1, -0.05) is 13.8 Å². The quantitative estimate of drug-likeness (QED) is 0.834. The number of carboxylic acids is 1. The van der Waals surface area contributed by atoms with E-state index in [0.717, 1.165) is 0 Å². The number of carbonyl (C=O) groups excluding carboxylic acids is 1. The maximum absolute atomic E-state index is 12.8. The van der Waals surface area contributed by atoms with Gasteiger partial charge >= 0.3 is 12.5 Å². The van der Waals surface area contributed by atoms with Gasteiger partial charge in [0.1, 0.15) is 6.54 Å². The summed E-state index contributed by atoms with van der Waals surface area (Å²) in [5.41, 5.74) is 0.996. The molecule has 0 aliphatic carbocycles. The Morgan fingerprint density at radius 2 is 1.91 bits per heavy atom. The Kier molecular flexibility index (Phi) is 6.01. The molecule has 0 aromatic carbocycles. The van der Waals surface area contributed by atoms with Crippen molar-refractivity contribution in [2.24, 2.45) is 5.92 Å². The summed E-state index contributed by atoms with van der Waals surface area (Å²) in [7, 11) is 0. The molecule has 1 heterocycles. The summed E-state index contributed by atoms with van der Waals surface area (Å²) < 4.78 is 26.1. The normalized spacial score (nSPS) is 11.3. The highest BCUT2D eigenvalue weighted by Gasteiger charge is 2.23. The lowest BCUT2D eigenvalue weighted by Crippen LogP contribution is -2.39. The Morgan fingerprint density at radius 3 is 2.32 bits per heavy atom. The Morgan fingerprint density at radius 1 is 1.32 bits per heavy atom. The fourth-order valence-corrected chi connectivity index (χ4v) is 2.26. The summed E-state index contributed by atoms with van der Waals surface area (Å²) in [5.74, 6) is -1.41. The minimum atomic E-state index is -2.77. The van der Waals surface area contributed by atoms with E-state index in [4.69, 9.17) is 5.11 Å². The van der Waals surface area contributed by atoms with E-state index in [0.29, 0.717) is 22.5 Å². The van der Waals surface area contributed by atoms with Gasteiger partial charge in [0.05, 0.1) is 12.1 Å². The minimum Gasteiger partial charge on any atom is -0.480 e. The molecule has 1 N–H and O–H groups in total. The number of halogens is 2. The van der Waals surface area contributed by atoms with E-state index in [9.17, 15) is 18.4 Å². The number of aromatic nitrogens is 2. The second-order valence-electron chi connectivity index (χ2n) is 5.61. The highest BCUT2D eigenvalue weighted by Crippen LogP contribution is 2.20. The molecule has 0 bridgehead atoms. The number of hydrogen-bond acceptors (Lipinski definition) is 3. The molecular formula is C14H21F2N3O3. The van der Waals surface area contributed by atoms with E-state index in [1.54, 1.807) is 6.92 Å². The molecule has 1 amide bonds. The van der Waals surface area contributed by atoms with Crippen molar-refractivity contribution in [1.29, 1.82) is 0 Å². The lowest BCUT2D eigenvalue weighted by Gasteiger charge is -2.22. The van der Waals surface area contributed by atoms with E-state index in [-0.39, 0.29) is 18.0 Å². The van der Waals surface area contributed by atoms with Gasteiger partial charge in [-0.05, 0) is 19.8 Å². The molecule has 1 aromatic rings. The summed E-state index contributed by atoms with van der Waals surface area (Å²) in [5, 5.41) is 12.6. The van der Waals surface area contributed by atoms with E-state index in [2.05, 4.69) is 5.10 Å². The molecule has 6 nitrogen and oxygen atoms in total. The number of amides is 1. The van der Waals surface area contributed by atoms with Crippen LogP contribution in [0.1, 0.15) is 37.3 Å². The molecule has 0 fully saturated rings. The predicted molar refractivity (Wildman–Crippen MR) is 75.7 cm³/mol. The fourth-order valence-electron chi connectivity index (χ4n) is 2.26. The first-order chi connectivity index (χ1) is 10.1. The van der Waals surface area contributed by atoms with E-state index in [1.807, 2.05) is 13.8 Å². The van der Waals surface area contributed by atoms with Gasteiger partial charge in [0.2, 0.25) is 5.91 Å². The maximum atomic E-state index is 12.8. The average Bonchev–Trinajstić information content (AvgIpc) is 2.65. The van der Waals surface area contributed by atoms with Crippen molar-refractivity contribution in [2.45, 2.75) is 40.7 Å². The summed E-state index contributed by atoms with van der Waals surface area (Å²) in [6.45, 7) is 3.89. The zero-order chi connectivity index (χ0) is 17.0. The van der Waals surface area contributed by atoms with Crippen LogP contribution in [0.25, 0.3) is 0 Å². The summed E-state index contributed by atoms with van der Waals surface area (Å²) in [6, 6.07) is 0. The van der Waals surface area contributed by atoms with Crippen LogP contribution >= 0.6 is 0 Å². The van der Waals surface area contributed by atoms with Gasteiger partial charge in [-0.3, -0.25) is 9.59 Å². The lowest BCUT2D eigenvalue weighted by molar-refractivity contribution is -0.144. The zero-order valence-electron chi connectivity index (χ0n) is 13.1. The molecule has 0 unspecified atom stereocenters. The first-order valence-corrected chi connectivity index (χ1v) is 6.95. The van der Waals surface area contributed by atoms with Crippen LogP contribution in [0.2, 0.25) is 0 Å². The van der Waals surface area contributed by atoms with Crippen molar-refractivity contribution in [3.05, 3.63) is 17.0 Å². The SMILES string of the molecule is Cc1nn(C(F)F)c(C)c1CC(=O)N(CC(=O)O)CC(C)C. The monoisotopic (exact) mass is 317 g/mol. The van der Waals surface area contributed by atoms with Crippen LogP contribution in [0.5, 0.6) is 0 Å². The van der Waals surface area contributed by atoms with Crippen molar-refractivity contribution >= 4 is 11.9 Å². The molecule has 0 aliphatic rings. The number of carboxylic acid groups (broad SMARTS) is 1. The first kappa shape index (κ1) is 18.1. The first-order valence-electron chi connectivity index (χ1n) is 6.95. The van der Waals surface area contributed by atoms with Crippen molar-refractivity contribution in [2.75, 3.05) is 13.1 Å². The van der Waals surface area contributed by atoms with E-state index in [1.165, 1.54) is 11.8 Å². The van der Waals surface area contributed by atoms with Crippen molar-refractivity contribution < 1.29 is 23.5 Å². The summed E-state index contributed by atoms with van der Waals surface area (Å²) >= 11 is 0. The smallest absolute Gasteiger partial charge is 0.333 e. The molecule has 0 spiro atoms. The molecule has 124 valence electrons. The Hall–Kier alpha value is -1.99. The number of rotatable bonds is 7. The third-order valence-electron chi connectivity index (χ3n) is 3.25. The fraction of sp³-hybridized carbons (Fsp3) is 0.643. The largest absolute Gasteiger partial charge is 0.480 e. The van der Waals surface area contributed by atoms with Crippen LogP contribution < -0.4 is 0 Å². The van der Waals surface area contributed by atoms with Gasteiger partial charge in [-0.25, -0.2) is 4.68 Å². The Bertz CT molecular complexity index is 556. The van der Waals surface area contributed by atoms with Gasteiger partial charge in [-0.2, -0.15) is 13.9 Å². The van der Waals surface area contributed by atoms with Crippen molar-refractivity contribution in [3.8, 4) is 0 Å². The molecule has 1 aromatic heterocycles. The number of nitrogens with zero attached hydrogens (tertiary/aromatic N) is 3. The Labute approximate surface area is 127 Å². The molecule has 0 radical (unpaired) electrons. The Balaban J connectivity index is 2.96. The van der Waals surface area contributed by atoms with Crippen molar-refractivity contribution in [1.82, 2.24) is 14.7 Å². The molecular weight excluding hydrogens is 296 g/mol. The summed E-state index contributed by atoms with van der Waals surface area (Å²) in [4.78, 5) is 24.4. The number of carbonyl (C=O) groups is 2. The van der Waals surface area contributed by atoms with Crippen LogP contribution in [0.3, 0.4) is 0 Å². The molecule has 0 aliphatic heterocycles.